The highest BCUT2D eigenvalue weighted by Crippen LogP contribution is 2.28. The monoisotopic (exact) mass is 325 g/mol. The summed E-state index contributed by atoms with van der Waals surface area (Å²) in [6, 6.07) is 4.04. The number of amides is 1. The van der Waals surface area contributed by atoms with Gasteiger partial charge >= 0.3 is 0 Å². The third kappa shape index (κ3) is 4.66. The van der Waals surface area contributed by atoms with E-state index in [1.807, 2.05) is 23.2 Å². The molecule has 1 saturated heterocycles. The number of nitrogens with one attached hydrogen (secondary N) is 1. The Hall–Kier alpha value is -1.17. The number of nitrogens with zero attached hydrogens (tertiary/aromatic N) is 2. The van der Waals surface area contributed by atoms with Gasteiger partial charge in [-0.15, -0.1) is 12.4 Å². The summed E-state index contributed by atoms with van der Waals surface area (Å²) in [5.74, 6) is 0.934. The molecule has 1 saturated carbocycles. The Bertz CT molecular complexity index is 468. The Kier molecular flexibility index (Phi) is 6.61. The van der Waals surface area contributed by atoms with E-state index in [9.17, 15) is 4.79 Å². The predicted molar refractivity (Wildman–Crippen MR) is 87.0 cm³/mol. The van der Waals surface area contributed by atoms with E-state index in [4.69, 9.17) is 4.74 Å². The van der Waals surface area contributed by atoms with E-state index in [2.05, 4.69) is 10.3 Å². The van der Waals surface area contributed by atoms with E-state index in [0.717, 1.165) is 37.7 Å². The van der Waals surface area contributed by atoms with Crippen LogP contribution in [0, 0.1) is 5.92 Å². The van der Waals surface area contributed by atoms with Crippen molar-refractivity contribution in [3.05, 3.63) is 30.1 Å². The number of ether oxygens (including phenoxy) is 1. The first-order valence-corrected chi connectivity index (χ1v) is 7.82. The molecule has 2 aliphatic rings. The Morgan fingerprint density at radius 1 is 1.45 bits per heavy atom. The number of carbonyl (C=O) groups is 1. The zero-order valence-electron chi connectivity index (χ0n) is 12.7. The van der Waals surface area contributed by atoms with Gasteiger partial charge in [0.05, 0.1) is 19.1 Å². The second kappa shape index (κ2) is 8.46. The molecule has 1 aliphatic carbocycles. The average Bonchev–Trinajstić information content (AvgIpc) is 3.36. The quantitative estimate of drug-likeness (QED) is 0.810. The number of carbonyl (C=O) groups excluding carboxylic acids is 1. The van der Waals surface area contributed by atoms with Crippen molar-refractivity contribution in [3.63, 3.8) is 0 Å². The number of hydrogen-bond donors (Lipinski definition) is 1. The van der Waals surface area contributed by atoms with Crippen molar-refractivity contribution in [1.82, 2.24) is 15.2 Å². The van der Waals surface area contributed by atoms with E-state index in [1.165, 1.54) is 12.8 Å². The first-order valence-electron chi connectivity index (χ1n) is 7.82. The fourth-order valence-electron chi connectivity index (χ4n) is 2.71. The predicted octanol–water partition coefficient (Wildman–Crippen LogP) is 1.79. The van der Waals surface area contributed by atoms with Crippen LogP contribution in [0.25, 0.3) is 0 Å². The van der Waals surface area contributed by atoms with Gasteiger partial charge in [0.1, 0.15) is 0 Å². The molecular weight excluding hydrogens is 302 g/mol. The largest absolute Gasteiger partial charge is 0.381 e. The van der Waals surface area contributed by atoms with Crippen LogP contribution < -0.4 is 5.32 Å². The number of piperazine rings is 1. The van der Waals surface area contributed by atoms with Crippen LogP contribution in [0.5, 0.6) is 0 Å². The van der Waals surface area contributed by atoms with Crippen LogP contribution in [0.4, 0.5) is 0 Å². The second-order valence-corrected chi connectivity index (χ2v) is 5.86. The van der Waals surface area contributed by atoms with E-state index < -0.39 is 0 Å². The van der Waals surface area contributed by atoms with Crippen LogP contribution >= 0.6 is 12.4 Å². The summed E-state index contributed by atoms with van der Waals surface area (Å²) in [6.45, 7) is 3.76. The van der Waals surface area contributed by atoms with Gasteiger partial charge in [-0.25, -0.2) is 0 Å². The summed E-state index contributed by atoms with van der Waals surface area (Å²) in [6.07, 6.45) is 6.66. The van der Waals surface area contributed by atoms with Crippen molar-refractivity contribution < 1.29 is 9.53 Å². The molecular formula is C16H24ClN3O2. The minimum Gasteiger partial charge on any atom is -0.381 e. The summed E-state index contributed by atoms with van der Waals surface area (Å²) >= 11 is 0. The van der Waals surface area contributed by atoms with E-state index >= 15 is 0 Å². The maximum absolute atomic E-state index is 12.4. The molecule has 22 heavy (non-hydrogen) atoms. The summed E-state index contributed by atoms with van der Waals surface area (Å²) < 4.78 is 5.58. The minimum absolute atomic E-state index is 0. The van der Waals surface area contributed by atoms with Gasteiger partial charge in [0.25, 0.3) is 0 Å². The maximum Gasteiger partial charge on any atom is 0.225 e. The lowest BCUT2D eigenvalue weighted by atomic mass is 10.0. The summed E-state index contributed by atoms with van der Waals surface area (Å²) in [5, 5.41) is 3.36. The molecule has 6 heteroatoms. The van der Waals surface area contributed by atoms with Gasteiger partial charge in [-0.05, 0) is 30.4 Å². The molecule has 122 valence electrons. The zero-order chi connectivity index (χ0) is 14.5. The van der Waals surface area contributed by atoms with Gasteiger partial charge in [0, 0.05) is 38.6 Å². The fraction of sp³-hybridized carbons (Fsp3) is 0.625. The van der Waals surface area contributed by atoms with Gasteiger partial charge in [-0.3, -0.25) is 9.78 Å². The van der Waals surface area contributed by atoms with Crippen LogP contribution in [0.1, 0.15) is 30.9 Å². The number of aromatic nitrogens is 1. The van der Waals surface area contributed by atoms with Gasteiger partial charge in [0.2, 0.25) is 5.91 Å². The molecule has 1 N–H and O–H groups in total. The third-order valence-corrected chi connectivity index (χ3v) is 4.14. The average molecular weight is 326 g/mol. The smallest absolute Gasteiger partial charge is 0.225 e. The Labute approximate surface area is 137 Å². The van der Waals surface area contributed by atoms with Gasteiger partial charge in [-0.1, -0.05) is 6.07 Å². The van der Waals surface area contributed by atoms with E-state index in [0.29, 0.717) is 13.0 Å². The number of rotatable bonds is 6. The number of pyridine rings is 1. The molecule has 1 amide bonds. The first-order chi connectivity index (χ1) is 10.3. The lowest BCUT2D eigenvalue weighted by molar-refractivity contribution is -0.135. The second-order valence-electron chi connectivity index (χ2n) is 5.86. The Morgan fingerprint density at radius 2 is 2.32 bits per heavy atom. The highest BCUT2D eigenvalue weighted by molar-refractivity contribution is 5.85. The SMILES string of the molecule is Cl.O=C(CCOCC1CC1)N1CCNCC1c1cccnc1. The van der Waals surface area contributed by atoms with Gasteiger partial charge in [0.15, 0.2) is 0 Å². The molecule has 2 heterocycles. The molecule has 0 bridgehead atoms. The molecule has 0 spiro atoms. The molecule has 1 atom stereocenters. The van der Waals surface area contributed by atoms with Crippen molar-refractivity contribution in [2.75, 3.05) is 32.8 Å². The van der Waals surface area contributed by atoms with E-state index in [1.54, 1.807) is 6.20 Å². The van der Waals surface area contributed by atoms with E-state index in [-0.39, 0.29) is 24.4 Å². The summed E-state index contributed by atoms with van der Waals surface area (Å²) in [4.78, 5) is 18.6. The molecule has 1 aromatic heterocycles. The summed E-state index contributed by atoms with van der Waals surface area (Å²) in [5.41, 5.74) is 1.09. The van der Waals surface area contributed by atoms with Crippen LogP contribution in [0.3, 0.4) is 0 Å². The minimum atomic E-state index is 0. The molecule has 1 aliphatic heterocycles. The Balaban J connectivity index is 0.00000176. The van der Waals surface area contributed by atoms with Gasteiger partial charge < -0.3 is 15.0 Å². The van der Waals surface area contributed by atoms with Crippen molar-refractivity contribution >= 4 is 18.3 Å². The summed E-state index contributed by atoms with van der Waals surface area (Å²) in [7, 11) is 0. The molecule has 3 rings (SSSR count). The standard InChI is InChI=1S/C16H23N3O2.ClH/c20-16(5-9-21-12-13-3-4-13)19-8-7-18-11-15(19)14-2-1-6-17-10-14;/h1-2,6,10,13,15,18H,3-5,7-9,11-12H2;1H. The Morgan fingerprint density at radius 3 is 3.05 bits per heavy atom. The number of hydrogen-bond acceptors (Lipinski definition) is 4. The van der Waals surface area contributed by atoms with Crippen molar-refractivity contribution in [3.8, 4) is 0 Å². The van der Waals surface area contributed by atoms with Gasteiger partial charge in [-0.2, -0.15) is 0 Å². The van der Waals surface area contributed by atoms with Crippen molar-refractivity contribution in [2.45, 2.75) is 25.3 Å². The molecule has 0 aromatic carbocycles. The maximum atomic E-state index is 12.4. The first kappa shape index (κ1) is 17.2. The van der Waals surface area contributed by atoms with Crippen LogP contribution in [-0.4, -0.2) is 48.6 Å². The van der Waals surface area contributed by atoms with Crippen LogP contribution in [0.15, 0.2) is 24.5 Å². The lowest BCUT2D eigenvalue weighted by Gasteiger charge is -2.36. The third-order valence-electron chi connectivity index (χ3n) is 4.14. The van der Waals surface area contributed by atoms with Crippen LogP contribution in [-0.2, 0) is 9.53 Å². The molecule has 5 nitrogen and oxygen atoms in total. The normalized spacial score (nSPS) is 21.3. The van der Waals surface area contributed by atoms with Crippen LogP contribution in [0.2, 0.25) is 0 Å². The number of halogens is 1. The topological polar surface area (TPSA) is 54.5 Å². The van der Waals surface area contributed by atoms with Crippen molar-refractivity contribution in [1.29, 1.82) is 0 Å². The molecule has 1 unspecified atom stereocenters. The highest BCUT2D eigenvalue weighted by atomic mass is 35.5. The highest BCUT2D eigenvalue weighted by Gasteiger charge is 2.28. The lowest BCUT2D eigenvalue weighted by Crippen LogP contribution is -2.48. The fourth-order valence-corrected chi connectivity index (χ4v) is 2.71. The zero-order valence-corrected chi connectivity index (χ0v) is 13.6. The van der Waals surface area contributed by atoms with Crippen molar-refractivity contribution in [2.24, 2.45) is 5.92 Å². The molecule has 0 radical (unpaired) electrons. The molecule has 1 aromatic rings. The molecule has 2 fully saturated rings.